The second-order valence-corrected chi connectivity index (χ2v) is 10.1. The number of carbonyl (C=O) groups is 1. The fraction of sp³-hybridized carbons (Fsp3) is 0.370. The summed E-state index contributed by atoms with van der Waals surface area (Å²) < 4.78 is 22.4. The van der Waals surface area contributed by atoms with Crippen molar-refractivity contribution in [2.45, 2.75) is 43.8 Å². The minimum atomic E-state index is -0.875. The van der Waals surface area contributed by atoms with Gasteiger partial charge in [-0.1, -0.05) is 18.7 Å². The first kappa shape index (κ1) is 24.9. The van der Waals surface area contributed by atoms with Gasteiger partial charge in [-0.2, -0.15) is 5.26 Å². The van der Waals surface area contributed by atoms with E-state index in [0.29, 0.717) is 29.3 Å². The summed E-state index contributed by atoms with van der Waals surface area (Å²) in [5, 5.41) is 20.8. The number of aromatic hydroxyl groups is 1. The van der Waals surface area contributed by atoms with Crippen LogP contribution in [0.15, 0.2) is 35.6 Å². The number of nitrogens with zero attached hydrogens (tertiary/aromatic N) is 4. The van der Waals surface area contributed by atoms with E-state index in [4.69, 9.17) is 16.3 Å². The Morgan fingerprint density at radius 1 is 1.32 bits per heavy atom. The number of piperazine rings is 1. The fourth-order valence-electron chi connectivity index (χ4n) is 5.70. The van der Waals surface area contributed by atoms with Crippen LogP contribution >= 0.6 is 11.6 Å². The van der Waals surface area contributed by atoms with Gasteiger partial charge in [0.05, 0.1) is 28.9 Å². The average molecular weight is 525 g/mol. The Hall–Kier alpha value is -3.77. The summed E-state index contributed by atoms with van der Waals surface area (Å²) in [6, 6.07) is 5.68. The zero-order valence-corrected chi connectivity index (χ0v) is 21.2. The first-order valence-corrected chi connectivity index (χ1v) is 12.5. The van der Waals surface area contributed by atoms with Gasteiger partial charge in [-0.25, -0.2) is 4.39 Å². The molecule has 2 aliphatic heterocycles. The molecule has 1 aromatic carbocycles. The number of halogens is 2. The summed E-state index contributed by atoms with van der Waals surface area (Å²) in [7, 11) is 0. The van der Waals surface area contributed by atoms with Crippen molar-refractivity contribution in [3.63, 3.8) is 0 Å². The van der Waals surface area contributed by atoms with Gasteiger partial charge in [0.2, 0.25) is 5.91 Å². The topological polar surface area (TPSA) is 98.8 Å². The molecule has 0 saturated carbocycles. The van der Waals surface area contributed by atoms with E-state index < -0.39 is 22.7 Å². The summed E-state index contributed by atoms with van der Waals surface area (Å²) >= 11 is 6.85. The van der Waals surface area contributed by atoms with E-state index in [0.717, 1.165) is 0 Å². The monoisotopic (exact) mass is 524 g/mol. The van der Waals surface area contributed by atoms with Gasteiger partial charge in [-0.05, 0) is 32.1 Å². The molecule has 0 spiro atoms. The maximum Gasteiger partial charge on any atom is 0.271 e. The van der Waals surface area contributed by atoms with Crippen LogP contribution in [0.2, 0.25) is 0 Å². The van der Waals surface area contributed by atoms with Crippen LogP contribution in [-0.2, 0) is 16.1 Å². The maximum atomic E-state index is 14.9. The van der Waals surface area contributed by atoms with E-state index in [-0.39, 0.29) is 53.8 Å². The standard InChI is InChI=1S/C27H26ClFN4O4/c1-4-21(35)32-12-15(3)33(13-14(32)2)24-16-10-18(28)22(23-19(29)6-5-7-20(23)34)26-25(16)31(8-9-37-26)27(36)17(24)11-30/h4-7,10,14-15,18,22,34H,1,8-9,12-13H2,2-3H3/t14-,15+,18?,22?/m1/s1. The van der Waals surface area contributed by atoms with Crippen molar-refractivity contribution in [1.82, 2.24) is 9.47 Å². The van der Waals surface area contributed by atoms with Crippen molar-refractivity contribution in [1.29, 1.82) is 5.26 Å². The molecule has 10 heteroatoms. The molecule has 1 aromatic heterocycles. The highest BCUT2D eigenvalue weighted by atomic mass is 35.5. The van der Waals surface area contributed by atoms with Crippen LogP contribution in [0.25, 0.3) is 11.8 Å². The molecule has 0 bridgehead atoms. The van der Waals surface area contributed by atoms with E-state index in [1.807, 2.05) is 18.7 Å². The number of nitriles is 1. The van der Waals surface area contributed by atoms with Crippen LogP contribution in [-0.4, -0.2) is 57.6 Å². The third-order valence-corrected chi connectivity index (χ3v) is 7.77. The van der Waals surface area contributed by atoms with Crippen molar-refractivity contribution in [2.75, 3.05) is 24.6 Å². The van der Waals surface area contributed by atoms with Gasteiger partial charge in [0.25, 0.3) is 5.56 Å². The molecule has 37 heavy (non-hydrogen) atoms. The van der Waals surface area contributed by atoms with E-state index >= 15 is 0 Å². The van der Waals surface area contributed by atoms with Crippen LogP contribution in [0, 0.1) is 17.1 Å². The normalized spacial score (nSPS) is 24.5. The van der Waals surface area contributed by atoms with Gasteiger partial charge in [0.15, 0.2) is 0 Å². The zero-order valence-electron chi connectivity index (χ0n) is 20.4. The number of phenolic OH excluding ortho intramolecular Hbond substituents is 1. The number of amides is 1. The molecule has 1 N–H and O–H groups in total. The van der Waals surface area contributed by atoms with Crippen LogP contribution in [0.1, 0.15) is 30.9 Å². The lowest BCUT2D eigenvalue weighted by molar-refractivity contribution is -0.128. The van der Waals surface area contributed by atoms with E-state index in [2.05, 4.69) is 12.6 Å². The molecule has 1 fully saturated rings. The minimum absolute atomic E-state index is 0.00949. The minimum Gasteiger partial charge on any atom is -0.508 e. The van der Waals surface area contributed by atoms with Crippen LogP contribution in [0.4, 0.5) is 10.1 Å². The van der Waals surface area contributed by atoms with Gasteiger partial charge < -0.3 is 24.2 Å². The molecule has 192 valence electrons. The number of benzene rings is 1. The zero-order chi connectivity index (χ0) is 26.6. The van der Waals surface area contributed by atoms with E-state index in [1.54, 1.807) is 11.0 Å². The molecule has 2 unspecified atom stereocenters. The predicted molar refractivity (Wildman–Crippen MR) is 137 cm³/mol. The lowest BCUT2D eigenvalue weighted by Gasteiger charge is -2.45. The smallest absolute Gasteiger partial charge is 0.271 e. The molecule has 1 aliphatic carbocycles. The molecule has 2 aromatic rings. The van der Waals surface area contributed by atoms with E-state index in [1.165, 1.54) is 28.8 Å². The van der Waals surface area contributed by atoms with Gasteiger partial charge in [0, 0.05) is 36.0 Å². The molecule has 4 atom stereocenters. The molecule has 3 heterocycles. The van der Waals surface area contributed by atoms with Crippen molar-refractivity contribution in [3.8, 4) is 11.8 Å². The van der Waals surface area contributed by atoms with Gasteiger partial charge in [-0.3, -0.25) is 9.59 Å². The molecule has 3 aliphatic rings. The van der Waals surface area contributed by atoms with Gasteiger partial charge in [0.1, 0.15) is 35.6 Å². The fourth-order valence-corrected chi connectivity index (χ4v) is 6.07. The highest BCUT2D eigenvalue weighted by Crippen LogP contribution is 2.41. The van der Waals surface area contributed by atoms with E-state index in [9.17, 15) is 24.3 Å². The average Bonchev–Trinajstić information content (AvgIpc) is 2.87. The molecule has 5 rings (SSSR count). The molecular weight excluding hydrogens is 499 g/mol. The predicted octanol–water partition coefficient (Wildman–Crippen LogP) is 1.50. The molecule has 1 amide bonds. The lowest BCUT2D eigenvalue weighted by atomic mass is 9.87. The SMILES string of the molecule is C=CC(=O)N1C[C@H](C)N(c2c(C#N)c(=O)n3c4c2=CC(Cl)C(c2c(O)cccc2F)C=4OCC3)C[C@H]1C. The van der Waals surface area contributed by atoms with Crippen LogP contribution < -0.4 is 21.0 Å². The second kappa shape index (κ2) is 9.27. The Labute approximate surface area is 217 Å². The second-order valence-electron chi connectivity index (χ2n) is 9.57. The van der Waals surface area contributed by atoms with Crippen molar-refractivity contribution in [2.24, 2.45) is 0 Å². The largest absolute Gasteiger partial charge is 0.508 e. The first-order chi connectivity index (χ1) is 17.7. The maximum absolute atomic E-state index is 14.9. The summed E-state index contributed by atoms with van der Waals surface area (Å²) in [6.45, 7) is 8.50. The number of anilines is 1. The summed E-state index contributed by atoms with van der Waals surface area (Å²) in [5.74, 6) is -1.67. The van der Waals surface area contributed by atoms with Gasteiger partial charge >= 0.3 is 0 Å². The Morgan fingerprint density at radius 3 is 2.76 bits per heavy atom. The van der Waals surface area contributed by atoms with Crippen molar-refractivity contribution in [3.05, 3.63) is 68.7 Å². The third-order valence-electron chi connectivity index (χ3n) is 7.39. The summed E-state index contributed by atoms with van der Waals surface area (Å²) in [6.07, 6.45) is 2.98. The number of carbonyl (C=O) groups excluding carboxylic acids is 1. The first-order valence-electron chi connectivity index (χ1n) is 12.1. The summed E-state index contributed by atoms with van der Waals surface area (Å²) in [4.78, 5) is 29.6. The third kappa shape index (κ3) is 3.78. The molecule has 8 nitrogen and oxygen atoms in total. The van der Waals surface area contributed by atoms with Crippen LogP contribution in [0.5, 0.6) is 5.75 Å². The highest BCUT2D eigenvalue weighted by Gasteiger charge is 2.39. The molecule has 1 saturated heterocycles. The Balaban J connectivity index is 1.79. The van der Waals surface area contributed by atoms with Crippen molar-refractivity contribution >= 4 is 35.0 Å². The van der Waals surface area contributed by atoms with Crippen molar-refractivity contribution < 1.29 is 19.0 Å². The highest BCUT2D eigenvalue weighted by molar-refractivity contribution is 6.25. The number of alkyl halides is 1. The number of hydrogen-bond acceptors (Lipinski definition) is 6. The Bertz CT molecular complexity index is 1530. The lowest BCUT2D eigenvalue weighted by Crippen LogP contribution is -2.61. The van der Waals surface area contributed by atoms with Gasteiger partial charge in [-0.15, -0.1) is 11.6 Å². The summed E-state index contributed by atoms with van der Waals surface area (Å²) in [5.41, 5.74) is -0.0762. The Kier molecular flexibility index (Phi) is 6.24. The Morgan fingerprint density at radius 2 is 2.08 bits per heavy atom. The number of hydrogen-bond donors (Lipinski definition) is 1. The molecular formula is C27H26ClFN4O4. The number of phenols is 1. The quantitative estimate of drug-likeness (QED) is 0.483. The number of ether oxygens (including phenoxy) is 1. The number of aromatic nitrogens is 1. The number of rotatable bonds is 3. The molecule has 0 radical (unpaired) electrons. The van der Waals surface area contributed by atoms with Crippen LogP contribution in [0.3, 0.4) is 0 Å². The number of pyridine rings is 1.